The molecule has 0 fully saturated rings. The van der Waals surface area contributed by atoms with Crippen LogP contribution in [0, 0.1) is 0 Å². The Kier molecular flexibility index (Phi) is 6.38. The third-order valence-corrected chi connectivity index (χ3v) is 12.4. The topological polar surface area (TPSA) is 51.8 Å². The molecule has 0 aliphatic heterocycles. The summed E-state index contributed by atoms with van der Waals surface area (Å²) in [6, 6.07) is 47.0. The van der Waals surface area contributed by atoms with Gasteiger partial charge in [0.2, 0.25) is 0 Å². The van der Waals surface area contributed by atoms with Gasteiger partial charge in [0, 0.05) is 57.2 Å². The number of nitrogens with zero attached hydrogens (tertiary/aromatic N) is 3. The molecule has 0 atom stereocenters. The Labute approximate surface area is 301 Å². The quantitative estimate of drug-likeness (QED) is 0.185. The van der Waals surface area contributed by atoms with Crippen molar-refractivity contribution < 1.29 is 4.42 Å². The number of aryl methyl sites for hydroxylation is 1. The summed E-state index contributed by atoms with van der Waals surface area (Å²) in [5.74, 6) is 2.00. The minimum absolute atomic E-state index is 0.639. The first-order valence-electron chi connectivity index (χ1n) is 17.2. The van der Waals surface area contributed by atoms with E-state index in [1.54, 1.807) is 0 Å². The molecule has 240 valence electrons. The molecular formula is C45H27N3OS2. The van der Waals surface area contributed by atoms with Crippen LogP contribution in [0.15, 0.2) is 144 Å². The molecule has 4 heterocycles. The van der Waals surface area contributed by atoms with Gasteiger partial charge in [-0.25, -0.2) is 15.0 Å². The van der Waals surface area contributed by atoms with Crippen LogP contribution in [0.25, 0.3) is 91.7 Å². The summed E-state index contributed by atoms with van der Waals surface area (Å²) in [5, 5.41) is 5.97. The summed E-state index contributed by atoms with van der Waals surface area (Å²) in [6.45, 7) is 0. The molecule has 51 heavy (non-hydrogen) atoms. The number of hydrogen-bond donors (Lipinski definition) is 0. The van der Waals surface area contributed by atoms with E-state index in [4.69, 9.17) is 19.4 Å². The summed E-state index contributed by atoms with van der Waals surface area (Å²) < 4.78 is 10.5. The van der Waals surface area contributed by atoms with Gasteiger partial charge in [-0.1, -0.05) is 97.1 Å². The van der Waals surface area contributed by atoms with E-state index in [1.165, 1.54) is 46.3 Å². The average molecular weight is 690 g/mol. The van der Waals surface area contributed by atoms with E-state index in [1.807, 2.05) is 53.0 Å². The maximum Gasteiger partial charge on any atom is 0.165 e. The van der Waals surface area contributed by atoms with Crippen molar-refractivity contribution >= 4 is 80.4 Å². The Morgan fingerprint density at radius 2 is 1.22 bits per heavy atom. The molecule has 10 aromatic rings. The van der Waals surface area contributed by atoms with Crippen molar-refractivity contribution in [2.24, 2.45) is 0 Å². The van der Waals surface area contributed by atoms with Gasteiger partial charge in [-0.3, -0.25) is 0 Å². The van der Waals surface area contributed by atoms with Gasteiger partial charge in [-0.15, -0.1) is 22.7 Å². The van der Waals surface area contributed by atoms with Crippen molar-refractivity contribution in [3.8, 4) is 33.9 Å². The van der Waals surface area contributed by atoms with Gasteiger partial charge in [0.05, 0.1) is 0 Å². The number of furan rings is 1. The van der Waals surface area contributed by atoms with E-state index < -0.39 is 0 Å². The van der Waals surface area contributed by atoms with Gasteiger partial charge in [0.15, 0.2) is 17.5 Å². The second kappa shape index (κ2) is 11.3. The van der Waals surface area contributed by atoms with Crippen molar-refractivity contribution in [3.63, 3.8) is 0 Å². The van der Waals surface area contributed by atoms with E-state index in [2.05, 4.69) is 109 Å². The third-order valence-electron chi connectivity index (χ3n) is 10.0. The molecule has 4 aromatic heterocycles. The minimum Gasteiger partial charge on any atom is -0.456 e. The van der Waals surface area contributed by atoms with E-state index in [9.17, 15) is 0 Å². The molecule has 0 bridgehead atoms. The van der Waals surface area contributed by atoms with Crippen molar-refractivity contribution in [1.29, 1.82) is 0 Å². The summed E-state index contributed by atoms with van der Waals surface area (Å²) >= 11 is 3.67. The monoisotopic (exact) mass is 689 g/mol. The number of allylic oxidation sites excluding steroid dienone is 1. The number of benzene rings is 6. The van der Waals surface area contributed by atoms with Crippen LogP contribution < -0.4 is 0 Å². The number of aromatic nitrogens is 3. The summed E-state index contributed by atoms with van der Waals surface area (Å²) in [6.07, 6.45) is 4.27. The molecule has 0 N–H and O–H groups in total. The Bertz CT molecular complexity index is 3040. The lowest BCUT2D eigenvalue weighted by molar-refractivity contribution is 0.669. The lowest BCUT2D eigenvalue weighted by Crippen LogP contribution is -2.06. The van der Waals surface area contributed by atoms with Crippen molar-refractivity contribution in [2.75, 3.05) is 0 Å². The van der Waals surface area contributed by atoms with E-state index in [0.717, 1.165) is 57.0 Å². The van der Waals surface area contributed by atoms with Gasteiger partial charge in [0.25, 0.3) is 0 Å². The van der Waals surface area contributed by atoms with Gasteiger partial charge < -0.3 is 4.42 Å². The van der Waals surface area contributed by atoms with Gasteiger partial charge in [-0.2, -0.15) is 0 Å². The first-order valence-corrected chi connectivity index (χ1v) is 18.8. The minimum atomic E-state index is 0.639. The Morgan fingerprint density at radius 1 is 0.490 bits per heavy atom. The number of thiophene rings is 2. The molecule has 1 aliphatic rings. The SMILES string of the molecule is C1=C(c2nc(-c3ccccc3)nc(-c3cccc4oc5cc(-c6ccc7sc8ccccc8c7c6)ccc5c34)n2)c2sc3ccccc3c2CC1. The fourth-order valence-corrected chi connectivity index (χ4v) is 10.0. The Hall–Kier alpha value is -5.95. The fraction of sp³-hybridized carbons (Fsp3) is 0.0444. The van der Waals surface area contributed by atoms with Crippen LogP contribution in [0.2, 0.25) is 0 Å². The molecular weight excluding hydrogens is 663 g/mol. The molecule has 1 aliphatic carbocycles. The maximum atomic E-state index is 6.58. The van der Waals surface area contributed by atoms with Crippen LogP contribution in [-0.4, -0.2) is 15.0 Å². The molecule has 11 rings (SSSR count). The molecule has 0 spiro atoms. The maximum absolute atomic E-state index is 6.58. The first-order chi connectivity index (χ1) is 25.2. The van der Waals surface area contributed by atoms with Crippen LogP contribution in [0.4, 0.5) is 0 Å². The smallest absolute Gasteiger partial charge is 0.165 e. The molecule has 0 unspecified atom stereocenters. The van der Waals surface area contributed by atoms with Crippen LogP contribution in [0.1, 0.15) is 22.7 Å². The zero-order valence-corrected chi connectivity index (χ0v) is 28.9. The lowest BCUT2D eigenvalue weighted by Gasteiger charge is -2.15. The predicted octanol–water partition coefficient (Wildman–Crippen LogP) is 12.7. The molecule has 4 nitrogen and oxygen atoms in total. The summed E-state index contributed by atoms with van der Waals surface area (Å²) in [7, 11) is 0. The highest BCUT2D eigenvalue weighted by Gasteiger charge is 2.24. The molecule has 0 radical (unpaired) electrons. The second-order valence-electron chi connectivity index (χ2n) is 13.0. The third kappa shape index (κ3) is 4.61. The van der Waals surface area contributed by atoms with Gasteiger partial charge >= 0.3 is 0 Å². The molecule has 0 saturated heterocycles. The molecule has 6 heteroatoms. The van der Waals surface area contributed by atoms with Crippen LogP contribution in [0.3, 0.4) is 0 Å². The highest BCUT2D eigenvalue weighted by molar-refractivity contribution is 7.25. The van der Waals surface area contributed by atoms with Crippen molar-refractivity contribution in [1.82, 2.24) is 15.0 Å². The highest BCUT2D eigenvalue weighted by atomic mass is 32.1. The number of fused-ring (bicyclic) bond motifs is 9. The van der Waals surface area contributed by atoms with Gasteiger partial charge in [0.1, 0.15) is 11.2 Å². The van der Waals surface area contributed by atoms with Crippen LogP contribution in [0.5, 0.6) is 0 Å². The second-order valence-corrected chi connectivity index (χ2v) is 15.2. The predicted molar refractivity (Wildman–Crippen MR) is 214 cm³/mol. The fourth-order valence-electron chi connectivity index (χ4n) is 7.64. The van der Waals surface area contributed by atoms with Gasteiger partial charge in [-0.05, 0) is 77.4 Å². The number of rotatable bonds is 4. The molecule has 0 saturated carbocycles. The van der Waals surface area contributed by atoms with E-state index in [0.29, 0.717) is 17.5 Å². The zero-order chi connectivity index (χ0) is 33.5. The van der Waals surface area contributed by atoms with Crippen molar-refractivity contribution in [2.45, 2.75) is 12.8 Å². The van der Waals surface area contributed by atoms with Crippen LogP contribution in [-0.2, 0) is 6.42 Å². The van der Waals surface area contributed by atoms with Crippen LogP contribution >= 0.6 is 22.7 Å². The normalized spacial score (nSPS) is 13.1. The molecule has 0 amide bonds. The largest absolute Gasteiger partial charge is 0.456 e. The number of hydrogen-bond acceptors (Lipinski definition) is 6. The lowest BCUT2D eigenvalue weighted by atomic mass is 9.95. The Morgan fingerprint density at radius 3 is 2.12 bits per heavy atom. The van der Waals surface area contributed by atoms with E-state index in [-0.39, 0.29) is 0 Å². The molecule has 6 aromatic carbocycles. The Balaban J connectivity index is 1.08. The van der Waals surface area contributed by atoms with Crippen molar-refractivity contribution in [3.05, 3.63) is 156 Å². The van der Waals surface area contributed by atoms with E-state index >= 15 is 0 Å². The highest BCUT2D eigenvalue weighted by Crippen LogP contribution is 2.43. The zero-order valence-electron chi connectivity index (χ0n) is 27.3. The first kappa shape index (κ1) is 28.8. The summed E-state index contributed by atoms with van der Waals surface area (Å²) in [4.78, 5) is 16.8. The summed E-state index contributed by atoms with van der Waals surface area (Å²) in [5.41, 5.74) is 8.31. The standard InChI is InChI=1S/C45H27N3OS2/c1-2-10-26(11-3-1)43-46-44(48-45(47-43)34-16-8-14-31-29-12-4-7-19-39(29)51-42(31)34)33-15-9-17-36-41(33)32-22-20-28(25-37(32)49-36)27-21-23-40-35(24-27)30-13-5-6-18-38(30)50-40/h1-7,9-13,15-25H,8,14H2. The average Bonchev–Trinajstić information content (AvgIpc) is 3.88.